The number of aryl methyl sites for hydroxylation is 2. The Balaban J connectivity index is 1.68. The Labute approximate surface area is 135 Å². The molecule has 2 aromatic rings. The fraction of sp³-hybridized carbons (Fsp3) is 0.368. The molecule has 0 amide bonds. The molecule has 0 radical (unpaired) electrons. The first-order valence-corrected chi connectivity index (χ1v) is 8.53. The lowest BCUT2D eigenvalue weighted by molar-refractivity contribution is 0.0368. The third-order valence-corrected chi connectivity index (χ3v) is 4.76. The second-order valence-corrected chi connectivity index (χ2v) is 6.58. The van der Waals surface area contributed by atoms with Gasteiger partial charge in [-0.25, -0.2) is 0 Å². The van der Waals surface area contributed by atoms with Crippen molar-refractivity contribution in [3.8, 4) is 0 Å². The van der Waals surface area contributed by atoms with Gasteiger partial charge >= 0.3 is 0 Å². The molecule has 1 nitrogen and oxygen atoms in total. The third-order valence-electron chi connectivity index (χ3n) is 4.27. The minimum Gasteiger partial charge on any atom is -0.373 e. The molecule has 0 bridgehead atoms. The van der Waals surface area contributed by atoms with E-state index >= 15 is 0 Å². The zero-order valence-corrected chi connectivity index (χ0v) is 14.0. The van der Waals surface area contributed by atoms with E-state index in [0.717, 1.165) is 36.8 Å². The zero-order chi connectivity index (χ0) is 14.7. The average Bonchev–Trinajstić information content (AvgIpc) is 2.53. The molecule has 2 heteroatoms. The molecule has 0 fully saturated rings. The molecule has 1 unspecified atom stereocenters. The quantitative estimate of drug-likeness (QED) is 0.735. The molecule has 0 aromatic heterocycles. The van der Waals surface area contributed by atoms with Gasteiger partial charge in [0.05, 0.1) is 12.7 Å². The lowest BCUT2D eigenvalue weighted by Gasteiger charge is -2.26. The number of ether oxygens (including phenoxy) is 1. The summed E-state index contributed by atoms with van der Waals surface area (Å²) in [6.45, 7) is 3.03. The van der Waals surface area contributed by atoms with Gasteiger partial charge in [0.25, 0.3) is 0 Å². The molecule has 0 N–H and O–H groups in total. The number of halogens is 1. The molecule has 1 aliphatic rings. The average molecular weight is 345 g/mol. The molecule has 1 aliphatic heterocycles. The van der Waals surface area contributed by atoms with Crippen LogP contribution in [-0.4, -0.2) is 6.61 Å². The highest BCUT2D eigenvalue weighted by molar-refractivity contribution is 9.10. The van der Waals surface area contributed by atoms with Crippen molar-refractivity contribution in [3.63, 3.8) is 0 Å². The van der Waals surface area contributed by atoms with Crippen molar-refractivity contribution in [2.75, 3.05) is 6.61 Å². The van der Waals surface area contributed by atoms with Gasteiger partial charge in [-0.1, -0.05) is 53.2 Å². The summed E-state index contributed by atoms with van der Waals surface area (Å²) in [6.07, 6.45) is 4.50. The molecule has 110 valence electrons. The van der Waals surface area contributed by atoms with E-state index in [4.69, 9.17) is 4.74 Å². The van der Waals surface area contributed by atoms with Gasteiger partial charge in [0, 0.05) is 4.47 Å². The Morgan fingerprint density at radius 1 is 1.10 bits per heavy atom. The summed E-state index contributed by atoms with van der Waals surface area (Å²) >= 11 is 3.56. The van der Waals surface area contributed by atoms with Crippen molar-refractivity contribution in [1.29, 1.82) is 0 Å². The van der Waals surface area contributed by atoms with Crippen molar-refractivity contribution in [2.24, 2.45) is 0 Å². The molecule has 1 heterocycles. The second-order valence-electron chi connectivity index (χ2n) is 5.66. The van der Waals surface area contributed by atoms with Crippen LogP contribution in [0.5, 0.6) is 0 Å². The second kappa shape index (κ2) is 6.76. The molecular weight excluding hydrogens is 324 g/mol. The Kier molecular flexibility index (Phi) is 4.77. The van der Waals surface area contributed by atoms with Crippen molar-refractivity contribution in [1.82, 2.24) is 0 Å². The SMILES string of the molecule is CCc1ccc(CCC2OCCc3cc(Br)ccc32)cc1. The number of benzene rings is 2. The van der Waals surface area contributed by atoms with Gasteiger partial charge in [0.2, 0.25) is 0 Å². The number of hydrogen-bond donors (Lipinski definition) is 0. The first kappa shape index (κ1) is 14.8. The normalized spacial score (nSPS) is 17.5. The maximum Gasteiger partial charge on any atom is 0.0830 e. The first-order valence-electron chi connectivity index (χ1n) is 7.74. The van der Waals surface area contributed by atoms with E-state index in [-0.39, 0.29) is 6.10 Å². The Bertz CT molecular complexity index is 603. The van der Waals surface area contributed by atoms with Gasteiger partial charge in [-0.2, -0.15) is 0 Å². The van der Waals surface area contributed by atoms with Gasteiger partial charge in [0.1, 0.15) is 0 Å². The smallest absolute Gasteiger partial charge is 0.0830 e. The van der Waals surface area contributed by atoms with E-state index in [1.807, 2.05) is 0 Å². The summed E-state index contributed by atoms with van der Waals surface area (Å²) in [6, 6.07) is 15.6. The fourth-order valence-electron chi connectivity index (χ4n) is 2.98. The molecule has 3 rings (SSSR count). The molecule has 21 heavy (non-hydrogen) atoms. The maximum atomic E-state index is 6.00. The maximum absolute atomic E-state index is 6.00. The topological polar surface area (TPSA) is 9.23 Å². The van der Waals surface area contributed by atoms with Gasteiger partial charge in [0.15, 0.2) is 0 Å². The molecule has 2 aromatic carbocycles. The van der Waals surface area contributed by atoms with Crippen molar-refractivity contribution in [2.45, 2.75) is 38.7 Å². The van der Waals surface area contributed by atoms with Gasteiger partial charge in [-0.15, -0.1) is 0 Å². The van der Waals surface area contributed by atoms with E-state index in [0.29, 0.717) is 0 Å². The summed E-state index contributed by atoms with van der Waals surface area (Å²) in [7, 11) is 0. The van der Waals surface area contributed by atoms with Crippen molar-refractivity contribution < 1.29 is 4.74 Å². The van der Waals surface area contributed by atoms with Gasteiger partial charge in [-0.05, 0) is 60.1 Å². The Morgan fingerprint density at radius 3 is 2.62 bits per heavy atom. The van der Waals surface area contributed by atoms with Crippen LogP contribution in [0.25, 0.3) is 0 Å². The molecular formula is C19H21BrO. The van der Waals surface area contributed by atoms with Crippen LogP contribution in [0, 0.1) is 0 Å². The number of rotatable bonds is 4. The summed E-state index contributed by atoms with van der Waals surface area (Å²) in [5.41, 5.74) is 5.61. The van der Waals surface area contributed by atoms with E-state index in [1.165, 1.54) is 22.3 Å². The summed E-state index contributed by atoms with van der Waals surface area (Å²) < 4.78 is 7.16. The summed E-state index contributed by atoms with van der Waals surface area (Å²) in [5, 5.41) is 0. The molecule has 0 saturated carbocycles. The van der Waals surface area contributed by atoms with Crippen molar-refractivity contribution in [3.05, 3.63) is 69.2 Å². The monoisotopic (exact) mass is 344 g/mol. The van der Waals surface area contributed by atoms with Crippen LogP contribution in [0.1, 0.15) is 41.7 Å². The van der Waals surface area contributed by atoms with E-state index in [9.17, 15) is 0 Å². The van der Waals surface area contributed by atoms with E-state index in [2.05, 4.69) is 65.3 Å². The number of fused-ring (bicyclic) bond motifs is 1. The predicted molar refractivity (Wildman–Crippen MR) is 90.7 cm³/mol. The molecule has 0 aliphatic carbocycles. The lowest BCUT2D eigenvalue weighted by atomic mass is 9.93. The highest BCUT2D eigenvalue weighted by Crippen LogP contribution is 2.32. The molecule has 0 spiro atoms. The Hall–Kier alpha value is -1.12. The summed E-state index contributed by atoms with van der Waals surface area (Å²) in [4.78, 5) is 0. The standard InChI is InChI=1S/C19H21BrO/c1-2-14-3-5-15(6-4-14)7-10-19-18-9-8-17(20)13-16(18)11-12-21-19/h3-6,8-9,13,19H,2,7,10-12H2,1H3. The van der Waals surface area contributed by atoms with Crippen LogP contribution in [0.3, 0.4) is 0 Å². The van der Waals surface area contributed by atoms with Crippen LogP contribution in [0.2, 0.25) is 0 Å². The van der Waals surface area contributed by atoms with Crippen LogP contribution < -0.4 is 0 Å². The van der Waals surface area contributed by atoms with Crippen LogP contribution in [-0.2, 0) is 24.0 Å². The zero-order valence-electron chi connectivity index (χ0n) is 12.4. The minimum atomic E-state index is 0.243. The van der Waals surface area contributed by atoms with Crippen LogP contribution in [0.4, 0.5) is 0 Å². The highest BCUT2D eigenvalue weighted by atomic mass is 79.9. The highest BCUT2D eigenvalue weighted by Gasteiger charge is 2.20. The number of hydrogen-bond acceptors (Lipinski definition) is 1. The minimum absolute atomic E-state index is 0.243. The largest absolute Gasteiger partial charge is 0.373 e. The molecule has 0 saturated heterocycles. The van der Waals surface area contributed by atoms with E-state index in [1.54, 1.807) is 0 Å². The van der Waals surface area contributed by atoms with Gasteiger partial charge < -0.3 is 4.74 Å². The lowest BCUT2D eigenvalue weighted by Crippen LogP contribution is -2.17. The Morgan fingerprint density at radius 2 is 1.86 bits per heavy atom. The van der Waals surface area contributed by atoms with Crippen molar-refractivity contribution >= 4 is 15.9 Å². The van der Waals surface area contributed by atoms with Gasteiger partial charge in [-0.3, -0.25) is 0 Å². The summed E-state index contributed by atoms with van der Waals surface area (Å²) in [5.74, 6) is 0. The fourth-order valence-corrected chi connectivity index (χ4v) is 3.39. The molecule has 1 atom stereocenters. The van der Waals surface area contributed by atoms with Crippen LogP contribution in [0.15, 0.2) is 46.9 Å². The first-order chi connectivity index (χ1) is 10.3. The predicted octanol–water partition coefficient (Wildman–Crippen LogP) is 5.26. The van der Waals surface area contributed by atoms with E-state index < -0.39 is 0 Å². The third kappa shape index (κ3) is 3.56. The van der Waals surface area contributed by atoms with Crippen LogP contribution >= 0.6 is 15.9 Å².